The number of para-hydroxylation sites is 1. The van der Waals surface area contributed by atoms with Gasteiger partial charge in [-0.2, -0.15) is 0 Å². The van der Waals surface area contributed by atoms with Gasteiger partial charge in [0.1, 0.15) is 5.75 Å². The zero-order valence-electron chi connectivity index (χ0n) is 11.8. The third-order valence-corrected chi connectivity index (χ3v) is 2.66. The van der Waals surface area contributed by atoms with Crippen LogP contribution >= 0.6 is 0 Å². The number of methoxy groups -OCH3 is 1. The van der Waals surface area contributed by atoms with Crippen molar-refractivity contribution in [3.8, 4) is 5.75 Å². The molecule has 0 aliphatic carbocycles. The summed E-state index contributed by atoms with van der Waals surface area (Å²) in [5, 5.41) is 0. The van der Waals surface area contributed by atoms with Gasteiger partial charge in [0, 0.05) is 27.3 Å². The Kier molecular flexibility index (Phi) is 5.78. The summed E-state index contributed by atoms with van der Waals surface area (Å²) in [6, 6.07) is 5.88. The predicted molar refractivity (Wildman–Crippen MR) is 76.4 cm³/mol. The SMILES string of the molecule is COCCCN(C)c1cccc(OC(C)C)c1N. The van der Waals surface area contributed by atoms with Crippen LogP contribution in [0.4, 0.5) is 11.4 Å². The number of hydrogen-bond donors (Lipinski definition) is 1. The van der Waals surface area contributed by atoms with Crippen molar-refractivity contribution in [3.63, 3.8) is 0 Å². The molecule has 4 nitrogen and oxygen atoms in total. The van der Waals surface area contributed by atoms with Crippen LogP contribution in [0.1, 0.15) is 20.3 Å². The first kappa shape index (κ1) is 14.6. The molecule has 1 aromatic rings. The van der Waals surface area contributed by atoms with Crippen LogP contribution in [0.3, 0.4) is 0 Å². The highest BCUT2D eigenvalue weighted by Crippen LogP contribution is 2.32. The van der Waals surface area contributed by atoms with E-state index in [1.165, 1.54) is 0 Å². The molecule has 0 heterocycles. The lowest BCUT2D eigenvalue weighted by Gasteiger charge is -2.23. The molecule has 0 saturated carbocycles. The van der Waals surface area contributed by atoms with E-state index in [2.05, 4.69) is 4.90 Å². The molecule has 0 unspecified atom stereocenters. The quantitative estimate of drug-likeness (QED) is 0.598. The fraction of sp³-hybridized carbons (Fsp3) is 0.571. The van der Waals surface area contributed by atoms with Crippen molar-refractivity contribution >= 4 is 11.4 Å². The number of rotatable bonds is 7. The lowest BCUT2D eigenvalue weighted by Crippen LogP contribution is -2.21. The topological polar surface area (TPSA) is 47.7 Å². The Balaban J connectivity index is 2.75. The van der Waals surface area contributed by atoms with E-state index in [4.69, 9.17) is 15.2 Å². The van der Waals surface area contributed by atoms with Crippen molar-refractivity contribution in [1.29, 1.82) is 0 Å². The first-order chi connectivity index (χ1) is 8.56. The monoisotopic (exact) mass is 252 g/mol. The Morgan fingerprint density at radius 3 is 2.67 bits per heavy atom. The highest BCUT2D eigenvalue weighted by atomic mass is 16.5. The molecule has 0 amide bonds. The average molecular weight is 252 g/mol. The van der Waals surface area contributed by atoms with Gasteiger partial charge in [0.25, 0.3) is 0 Å². The van der Waals surface area contributed by atoms with E-state index in [1.807, 2.05) is 39.1 Å². The molecular formula is C14H24N2O2. The molecule has 0 bridgehead atoms. The van der Waals surface area contributed by atoms with E-state index in [0.29, 0.717) is 5.69 Å². The number of hydrogen-bond acceptors (Lipinski definition) is 4. The summed E-state index contributed by atoms with van der Waals surface area (Å²) in [6.45, 7) is 5.65. The van der Waals surface area contributed by atoms with E-state index in [1.54, 1.807) is 7.11 Å². The van der Waals surface area contributed by atoms with Crippen molar-refractivity contribution in [2.45, 2.75) is 26.4 Å². The van der Waals surface area contributed by atoms with Gasteiger partial charge in [-0.3, -0.25) is 0 Å². The first-order valence-electron chi connectivity index (χ1n) is 6.31. The minimum absolute atomic E-state index is 0.126. The molecule has 102 valence electrons. The average Bonchev–Trinajstić information content (AvgIpc) is 2.31. The number of ether oxygens (including phenoxy) is 2. The maximum absolute atomic E-state index is 6.14. The second kappa shape index (κ2) is 7.11. The van der Waals surface area contributed by atoms with Crippen molar-refractivity contribution in [1.82, 2.24) is 0 Å². The standard InChI is InChI=1S/C14H24N2O2/c1-11(2)18-13-8-5-7-12(14(13)15)16(3)9-6-10-17-4/h5,7-8,11H,6,9-10,15H2,1-4H3. The maximum Gasteiger partial charge on any atom is 0.144 e. The molecule has 0 atom stereocenters. The molecule has 0 aliphatic heterocycles. The summed E-state index contributed by atoms with van der Waals surface area (Å²) in [6.07, 6.45) is 1.10. The zero-order valence-corrected chi connectivity index (χ0v) is 11.8. The van der Waals surface area contributed by atoms with Gasteiger partial charge >= 0.3 is 0 Å². The fourth-order valence-corrected chi connectivity index (χ4v) is 1.79. The van der Waals surface area contributed by atoms with Gasteiger partial charge in [-0.1, -0.05) is 6.07 Å². The Bertz CT molecular complexity index is 367. The highest BCUT2D eigenvalue weighted by Gasteiger charge is 2.10. The Labute approximate surface area is 110 Å². The Hall–Kier alpha value is -1.42. The van der Waals surface area contributed by atoms with Gasteiger partial charge in [0.2, 0.25) is 0 Å². The molecule has 0 fully saturated rings. The summed E-state index contributed by atoms with van der Waals surface area (Å²) in [5.41, 5.74) is 7.84. The first-order valence-corrected chi connectivity index (χ1v) is 6.31. The molecule has 1 rings (SSSR count). The molecule has 0 spiro atoms. The van der Waals surface area contributed by atoms with Crippen LogP contribution in [0, 0.1) is 0 Å². The molecule has 4 heteroatoms. The van der Waals surface area contributed by atoms with Gasteiger partial charge in [0.05, 0.1) is 17.5 Å². The van der Waals surface area contributed by atoms with E-state index >= 15 is 0 Å². The molecule has 0 aliphatic rings. The fourth-order valence-electron chi connectivity index (χ4n) is 1.79. The molecule has 1 aromatic carbocycles. The number of anilines is 2. The van der Waals surface area contributed by atoms with Crippen LogP contribution in [-0.2, 0) is 4.74 Å². The molecule has 2 N–H and O–H groups in total. The third kappa shape index (κ3) is 4.11. The Morgan fingerprint density at radius 2 is 2.06 bits per heavy atom. The van der Waals surface area contributed by atoms with Crippen molar-refractivity contribution < 1.29 is 9.47 Å². The number of nitrogens with zero attached hydrogens (tertiary/aromatic N) is 1. The maximum atomic E-state index is 6.14. The van der Waals surface area contributed by atoms with Crippen molar-refractivity contribution in [2.75, 3.05) is 37.9 Å². The Morgan fingerprint density at radius 1 is 1.33 bits per heavy atom. The van der Waals surface area contributed by atoms with Crippen LogP contribution in [0.25, 0.3) is 0 Å². The van der Waals surface area contributed by atoms with E-state index in [-0.39, 0.29) is 6.10 Å². The minimum Gasteiger partial charge on any atom is -0.489 e. The van der Waals surface area contributed by atoms with E-state index < -0.39 is 0 Å². The van der Waals surface area contributed by atoms with Crippen LogP contribution in [0.15, 0.2) is 18.2 Å². The second-order valence-electron chi connectivity index (χ2n) is 4.62. The molecule has 18 heavy (non-hydrogen) atoms. The van der Waals surface area contributed by atoms with Crippen LogP contribution in [-0.4, -0.2) is 33.4 Å². The van der Waals surface area contributed by atoms with Crippen molar-refractivity contribution in [2.24, 2.45) is 0 Å². The van der Waals surface area contributed by atoms with Gasteiger partial charge in [-0.15, -0.1) is 0 Å². The summed E-state index contributed by atoms with van der Waals surface area (Å²) >= 11 is 0. The minimum atomic E-state index is 0.126. The normalized spacial score (nSPS) is 10.7. The summed E-state index contributed by atoms with van der Waals surface area (Å²) in [4.78, 5) is 2.13. The smallest absolute Gasteiger partial charge is 0.144 e. The lowest BCUT2D eigenvalue weighted by molar-refractivity contribution is 0.196. The van der Waals surface area contributed by atoms with Gasteiger partial charge < -0.3 is 20.1 Å². The largest absolute Gasteiger partial charge is 0.489 e. The van der Waals surface area contributed by atoms with Gasteiger partial charge in [-0.25, -0.2) is 0 Å². The number of nitrogen functional groups attached to an aromatic ring is 1. The van der Waals surface area contributed by atoms with Crippen LogP contribution in [0.2, 0.25) is 0 Å². The molecule has 0 radical (unpaired) electrons. The molecule has 0 saturated heterocycles. The van der Waals surface area contributed by atoms with Gasteiger partial charge in [-0.05, 0) is 32.4 Å². The van der Waals surface area contributed by atoms with Crippen molar-refractivity contribution in [3.05, 3.63) is 18.2 Å². The molecular weight excluding hydrogens is 228 g/mol. The summed E-state index contributed by atoms with van der Waals surface area (Å²) in [5.74, 6) is 0.751. The summed E-state index contributed by atoms with van der Waals surface area (Å²) < 4.78 is 10.7. The zero-order chi connectivity index (χ0) is 13.5. The lowest BCUT2D eigenvalue weighted by atomic mass is 10.2. The predicted octanol–water partition coefficient (Wildman–Crippen LogP) is 2.53. The third-order valence-electron chi connectivity index (χ3n) is 2.66. The number of nitrogens with two attached hydrogens (primary N) is 1. The van der Waals surface area contributed by atoms with E-state index in [0.717, 1.165) is 31.0 Å². The second-order valence-corrected chi connectivity index (χ2v) is 4.62. The summed E-state index contributed by atoms with van der Waals surface area (Å²) in [7, 11) is 3.74. The van der Waals surface area contributed by atoms with Gasteiger partial charge in [0.15, 0.2) is 0 Å². The van der Waals surface area contributed by atoms with Crippen LogP contribution < -0.4 is 15.4 Å². The molecule has 0 aromatic heterocycles. The van der Waals surface area contributed by atoms with E-state index in [9.17, 15) is 0 Å². The highest BCUT2D eigenvalue weighted by molar-refractivity contribution is 5.73. The number of benzene rings is 1. The van der Waals surface area contributed by atoms with Crippen LogP contribution in [0.5, 0.6) is 5.75 Å².